The Morgan fingerprint density at radius 2 is 2.25 bits per heavy atom. The third kappa shape index (κ3) is 1.53. The number of hydrogen-bond donors (Lipinski definition) is 0. The highest BCUT2D eigenvalue weighted by molar-refractivity contribution is 14.1. The minimum Gasteiger partial charge on any atom is -0.162 e. The molecule has 1 aliphatic carbocycles. The first-order valence-electron chi connectivity index (χ1n) is 2.92. The van der Waals surface area contributed by atoms with Crippen LogP contribution in [0.5, 0.6) is 0 Å². The summed E-state index contributed by atoms with van der Waals surface area (Å²) in [6, 6.07) is 0. The minimum absolute atomic E-state index is 0.900. The zero-order valence-electron chi connectivity index (χ0n) is 5.23. The van der Waals surface area contributed by atoms with Crippen LogP contribution in [0.1, 0.15) is 13.3 Å². The monoisotopic (exact) mass is 242 g/mol. The average Bonchev–Trinajstić information content (AvgIpc) is 2.45. The summed E-state index contributed by atoms with van der Waals surface area (Å²) < 4.78 is 0.995. The molecule has 0 N–H and O–H groups in total. The quantitative estimate of drug-likeness (QED) is 0.529. The highest BCUT2D eigenvalue weighted by Crippen LogP contribution is 2.44. The fraction of sp³-hybridized carbons (Fsp3) is 1.00. The summed E-state index contributed by atoms with van der Waals surface area (Å²) in [6.45, 7) is 2.33. The van der Waals surface area contributed by atoms with E-state index in [1.807, 2.05) is 11.8 Å². The summed E-state index contributed by atoms with van der Waals surface area (Å²) in [4.78, 5) is 0. The molecule has 0 heterocycles. The van der Waals surface area contributed by atoms with Gasteiger partial charge in [0.25, 0.3) is 0 Å². The predicted molar refractivity (Wildman–Crippen MR) is 48.9 cm³/mol. The fourth-order valence-corrected chi connectivity index (χ4v) is 2.98. The van der Waals surface area contributed by atoms with Crippen LogP contribution in [0.3, 0.4) is 0 Å². The van der Waals surface area contributed by atoms with Gasteiger partial charge in [0.15, 0.2) is 0 Å². The van der Waals surface area contributed by atoms with E-state index in [-0.39, 0.29) is 0 Å². The third-order valence-electron chi connectivity index (χ3n) is 1.73. The predicted octanol–water partition coefficient (Wildman–Crippen LogP) is 2.56. The van der Waals surface area contributed by atoms with E-state index in [1.165, 1.54) is 6.42 Å². The molecule has 0 aromatic heterocycles. The van der Waals surface area contributed by atoms with E-state index >= 15 is 0 Å². The van der Waals surface area contributed by atoms with Crippen molar-refractivity contribution in [2.45, 2.75) is 22.5 Å². The van der Waals surface area contributed by atoms with Crippen LogP contribution in [0, 0.1) is 5.92 Å². The van der Waals surface area contributed by atoms with E-state index in [1.54, 1.807) is 0 Å². The van der Waals surface area contributed by atoms with Crippen LogP contribution in [0.15, 0.2) is 0 Å². The number of alkyl halides is 1. The van der Waals surface area contributed by atoms with Crippen molar-refractivity contribution in [2.75, 3.05) is 6.26 Å². The Morgan fingerprint density at radius 3 is 2.38 bits per heavy atom. The summed E-state index contributed by atoms with van der Waals surface area (Å²) in [7, 11) is 0. The van der Waals surface area contributed by atoms with Gasteiger partial charge in [-0.1, -0.05) is 29.5 Å². The molecule has 0 aromatic rings. The van der Waals surface area contributed by atoms with Gasteiger partial charge in [0.2, 0.25) is 0 Å². The second kappa shape index (κ2) is 2.78. The summed E-state index contributed by atoms with van der Waals surface area (Å²) in [5.41, 5.74) is 0. The van der Waals surface area contributed by atoms with Gasteiger partial charge in [-0.05, 0) is 18.6 Å². The van der Waals surface area contributed by atoms with Crippen LogP contribution in [-0.2, 0) is 0 Å². The highest BCUT2D eigenvalue weighted by atomic mass is 127. The Morgan fingerprint density at radius 1 is 1.75 bits per heavy atom. The molecular weight excluding hydrogens is 231 g/mol. The van der Waals surface area contributed by atoms with Gasteiger partial charge >= 0.3 is 0 Å². The van der Waals surface area contributed by atoms with Crippen molar-refractivity contribution in [1.29, 1.82) is 0 Å². The third-order valence-corrected chi connectivity index (χ3v) is 4.26. The maximum atomic E-state index is 2.54. The largest absolute Gasteiger partial charge is 0.162 e. The Bertz CT molecular complexity index is 82.6. The van der Waals surface area contributed by atoms with Crippen molar-refractivity contribution >= 4 is 34.4 Å². The molecule has 3 atom stereocenters. The standard InChI is InChI=1S/C6H11IS/c1-4(8-2)5-3-6(5)7/h4-6H,3H2,1-2H3/t4-,5+,6+/m1/s1. The van der Waals surface area contributed by atoms with E-state index in [0.29, 0.717) is 0 Å². The zero-order valence-corrected chi connectivity index (χ0v) is 8.20. The van der Waals surface area contributed by atoms with Gasteiger partial charge in [0.05, 0.1) is 0 Å². The molecular formula is C6H11IS. The van der Waals surface area contributed by atoms with Crippen molar-refractivity contribution in [2.24, 2.45) is 5.92 Å². The van der Waals surface area contributed by atoms with Gasteiger partial charge in [-0.2, -0.15) is 11.8 Å². The van der Waals surface area contributed by atoms with E-state index in [2.05, 4.69) is 35.8 Å². The second-order valence-corrected chi connectivity index (χ2v) is 5.17. The number of halogens is 1. The first-order valence-corrected chi connectivity index (χ1v) is 5.46. The van der Waals surface area contributed by atoms with E-state index in [9.17, 15) is 0 Å². The number of thioether (sulfide) groups is 1. The lowest BCUT2D eigenvalue weighted by Gasteiger charge is -2.02. The molecule has 8 heavy (non-hydrogen) atoms. The zero-order chi connectivity index (χ0) is 6.15. The van der Waals surface area contributed by atoms with Gasteiger partial charge in [-0.15, -0.1) is 0 Å². The van der Waals surface area contributed by atoms with Gasteiger partial charge in [-0.25, -0.2) is 0 Å². The molecule has 1 rings (SSSR count). The van der Waals surface area contributed by atoms with Crippen LogP contribution in [0.2, 0.25) is 0 Å². The van der Waals surface area contributed by atoms with Crippen molar-refractivity contribution in [1.82, 2.24) is 0 Å². The molecule has 1 aliphatic rings. The Hall–Kier alpha value is 1.08. The molecule has 0 saturated heterocycles. The lowest BCUT2D eigenvalue weighted by Crippen LogP contribution is -1.98. The van der Waals surface area contributed by atoms with Crippen molar-refractivity contribution < 1.29 is 0 Å². The number of hydrogen-bond acceptors (Lipinski definition) is 1. The average molecular weight is 242 g/mol. The molecule has 0 amide bonds. The van der Waals surface area contributed by atoms with Crippen LogP contribution < -0.4 is 0 Å². The maximum Gasteiger partial charge on any atom is 0.0152 e. The summed E-state index contributed by atoms with van der Waals surface area (Å²) >= 11 is 4.54. The SMILES string of the molecule is CS[C@H](C)[C@@H]1C[C@@H]1I. The molecule has 0 radical (unpaired) electrons. The van der Waals surface area contributed by atoms with Gasteiger partial charge in [0, 0.05) is 9.17 Å². The van der Waals surface area contributed by atoms with E-state index in [4.69, 9.17) is 0 Å². The smallest absolute Gasteiger partial charge is 0.0152 e. The highest BCUT2D eigenvalue weighted by Gasteiger charge is 2.38. The summed E-state index contributed by atoms with van der Waals surface area (Å²) in [5.74, 6) is 1.03. The number of rotatable bonds is 2. The lowest BCUT2D eigenvalue weighted by molar-refractivity contribution is 0.830. The van der Waals surface area contributed by atoms with Gasteiger partial charge < -0.3 is 0 Å². The molecule has 0 spiro atoms. The van der Waals surface area contributed by atoms with Crippen molar-refractivity contribution in [3.63, 3.8) is 0 Å². The summed E-state index contributed by atoms with van der Waals surface area (Å²) in [6.07, 6.45) is 3.66. The molecule has 1 fully saturated rings. The first kappa shape index (κ1) is 7.19. The van der Waals surface area contributed by atoms with Crippen LogP contribution in [-0.4, -0.2) is 15.4 Å². The molecule has 0 bridgehead atoms. The molecule has 48 valence electrons. The minimum atomic E-state index is 0.900. The molecule has 2 heteroatoms. The summed E-state index contributed by atoms with van der Waals surface area (Å²) in [5, 5.41) is 0.900. The molecule has 0 aliphatic heterocycles. The molecule has 0 nitrogen and oxygen atoms in total. The maximum absolute atomic E-state index is 2.54. The molecule has 0 aromatic carbocycles. The Balaban J connectivity index is 2.18. The van der Waals surface area contributed by atoms with Crippen LogP contribution >= 0.6 is 34.4 Å². The Kier molecular flexibility index (Phi) is 2.49. The van der Waals surface area contributed by atoms with Gasteiger partial charge in [-0.3, -0.25) is 0 Å². The van der Waals surface area contributed by atoms with Crippen LogP contribution in [0.25, 0.3) is 0 Å². The topological polar surface area (TPSA) is 0 Å². The molecule has 0 unspecified atom stereocenters. The van der Waals surface area contributed by atoms with Crippen LogP contribution in [0.4, 0.5) is 0 Å². The van der Waals surface area contributed by atoms with Crippen molar-refractivity contribution in [3.8, 4) is 0 Å². The van der Waals surface area contributed by atoms with Gasteiger partial charge in [0.1, 0.15) is 0 Å². The van der Waals surface area contributed by atoms with E-state index in [0.717, 1.165) is 15.1 Å². The lowest BCUT2D eigenvalue weighted by atomic mass is 10.3. The van der Waals surface area contributed by atoms with Crippen molar-refractivity contribution in [3.05, 3.63) is 0 Å². The fourth-order valence-electron chi connectivity index (χ4n) is 0.842. The van der Waals surface area contributed by atoms with E-state index < -0.39 is 0 Å². The Labute approximate surface area is 68.9 Å². The normalized spacial score (nSPS) is 39.4. The first-order chi connectivity index (χ1) is 3.75. The second-order valence-electron chi connectivity index (χ2n) is 2.36. The molecule has 1 saturated carbocycles.